The van der Waals surface area contributed by atoms with E-state index < -0.39 is 31.0 Å². The number of carbonyl (C=O) groups excluding carboxylic acids is 3. The summed E-state index contributed by atoms with van der Waals surface area (Å²) in [6, 6.07) is 3.99. The van der Waals surface area contributed by atoms with E-state index in [1.807, 2.05) is 25.1 Å². The third-order valence-electron chi connectivity index (χ3n) is 5.16. The predicted octanol–water partition coefficient (Wildman–Crippen LogP) is 1.38. The van der Waals surface area contributed by atoms with Gasteiger partial charge in [0, 0.05) is 24.2 Å². The van der Waals surface area contributed by atoms with Crippen LogP contribution in [0.25, 0.3) is 0 Å². The number of nitrogens with two attached hydrogens (primary N) is 1. The molecule has 12 heteroatoms. The van der Waals surface area contributed by atoms with Crippen molar-refractivity contribution < 1.29 is 28.8 Å². The molecule has 0 radical (unpaired) electrons. The van der Waals surface area contributed by atoms with Crippen molar-refractivity contribution in [2.75, 3.05) is 19.4 Å². The Hall–Kier alpha value is -3.12. The molecule has 0 fully saturated rings. The number of aryl methyl sites for hydroxylation is 1. The van der Waals surface area contributed by atoms with Gasteiger partial charge in [-0.2, -0.15) is 0 Å². The standard InChI is InChI=1S/C20H25BN4O6S/c1-11-4-3-5-12-8-13(21(29)31-18(11)12)9-15(26)17(14-10-32-19(22)24-14)25-20(28)23-7-6-16(27)30-2/h3-5,10,13,17,29H,6-9H2,1-2H3,(H2,22,24)(H2,23,25,28)/t13-,17?/m1/s1. The number of nitrogens with zero attached hydrogens (tertiary/aromatic N) is 1. The van der Waals surface area contributed by atoms with Gasteiger partial charge in [0.1, 0.15) is 11.8 Å². The summed E-state index contributed by atoms with van der Waals surface area (Å²) in [7, 11) is 0.106. The molecule has 32 heavy (non-hydrogen) atoms. The molecular weight excluding hydrogens is 435 g/mol. The number of fused-ring (bicyclic) bond motifs is 1. The number of urea groups is 1. The molecule has 170 valence electrons. The molecular formula is C20H25BN4O6S. The zero-order valence-electron chi connectivity index (χ0n) is 17.8. The number of methoxy groups -OCH3 is 1. The van der Waals surface area contributed by atoms with Crippen molar-refractivity contribution in [3.05, 3.63) is 40.4 Å². The second kappa shape index (κ2) is 10.5. The van der Waals surface area contributed by atoms with E-state index in [4.69, 9.17) is 10.4 Å². The first kappa shape index (κ1) is 23.5. The minimum Gasteiger partial charge on any atom is -0.536 e. The number of benzene rings is 1. The molecule has 5 N–H and O–H groups in total. The monoisotopic (exact) mass is 460 g/mol. The molecule has 1 aliphatic rings. The van der Waals surface area contributed by atoms with Crippen molar-refractivity contribution in [2.24, 2.45) is 0 Å². The average molecular weight is 460 g/mol. The lowest BCUT2D eigenvalue weighted by molar-refractivity contribution is -0.140. The number of rotatable bonds is 8. The van der Waals surface area contributed by atoms with E-state index >= 15 is 0 Å². The fraction of sp³-hybridized carbons (Fsp3) is 0.400. The van der Waals surface area contributed by atoms with Crippen LogP contribution in [0.15, 0.2) is 23.6 Å². The van der Waals surface area contributed by atoms with Crippen LogP contribution in [0.3, 0.4) is 0 Å². The SMILES string of the molecule is COC(=O)CCNC(=O)NC(C(=O)C[C@H]1Cc2cccc(C)c2OB1O)c1csc(N)n1. The summed E-state index contributed by atoms with van der Waals surface area (Å²) in [5, 5.41) is 17.4. The Morgan fingerprint density at radius 3 is 2.91 bits per heavy atom. The largest absolute Gasteiger partial charge is 0.536 e. The number of esters is 1. The maximum Gasteiger partial charge on any atom is 0.526 e. The summed E-state index contributed by atoms with van der Waals surface area (Å²) >= 11 is 1.15. The molecule has 0 saturated heterocycles. The fourth-order valence-electron chi connectivity index (χ4n) is 3.51. The van der Waals surface area contributed by atoms with Gasteiger partial charge >= 0.3 is 19.1 Å². The summed E-state index contributed by atoms with van der Waals surface area (Å²) in [6.07, 6.45) is 0.414. The Bertz CT molecular complexity index is 1000. The van der Waals surface area contributed by atoms with Crippen LogP contribution >= 0.6 is 11.3 Å². The molecule has 1 aliphatic heterocycles. The Labute approximate surface area is 189 Å². The lowest BCUT2D eigenvalue weighted by atomic mass is 9.64. The molecule has 3 rings (SSSR count). The molecule has 1 aromatic carbocycles. The molecule has 0 bridgehead atoms. The maximum absolute atomic E-state index is 13.2. The number of thiazole rings is 1. The molecule has 2 atom stereocenters. The van der Waals surface area contributed by atoms with Crippen LogP contribution in [-0.4, -0.2) is 48.6 Å². The second-order valence-electron chi connectivity index (χ2n) is 7.48. The van der Waals surface area contributed by atoms with Crippen molar-refractivity contribution in [1.82, 2.24) is 15.6 Å². The number of Topliss-reactive ketones (excluding diaryl/α,β-unsaturated/α-hetero) is 1. The van der Waals surface area contributed by atoms with E-state index in [1.165, 1.54) is 7.11 Å². The van der Waals surface area contributed by atoms with E-state index in [0.717, 1.165) is 22.5 Å². The van der Waals surface area contributed by atoms with Crippen molar-refractivity contribution in [2.45, 2.75) is 38.0 Å². The van der Waals surface area contributed by atoms with Gasteiger partial charge in [-0.15, -0.1) is 11.3 Å². The minimum absolute atomic E-state index is 0.00336. The van der Waals surface area contributed by atoms with Gasteiger partial charge in [0.2, 0.25) is 0 Å². The lowest BCUT2D eigenvalue weighted by Crippen LogP contribution is -2.43. The molecule has 1 aromatic heterocycles. The second-order valence-corrected chi connectivity index (χ2v) is 8.37. The van der Waals surface area contributed by atoms with E-state index in [2.05, 4.69) is 20.4 Å². The number of nitrogens with one attached hydrogen (secondary N) is 2. The van der Waals surface area contributed by atoms with Crippen molar-refractivity contribution in [3.63, 3.8) is 0 Å². The zero-order valence-corrected chi connectivity index (χ0v) is 18.6. The highest BCUT2D eigenvalue weighted by atomic mass is 32.1. The first-order chi connectivity index (χ1) is 15.3. The normalized spacial score (nSPS) is 15.8. The van der Waals surface area contributed by atoms with E-state index in [1.54, 1.807) is 5.38 Å². The molecule has 0 aliphatic carbocycles. The number of ketones is 1. The molecule has 2 heterocycles. The topological polar surface area (TPSA) is 153 Å². The zero-order chi connectivity index (χ0) is 23.3. The highest BCUT2D eigenvalue weighted by Crippen LogP contribution is 2.36. The van der Waals surface area contributed by atoms with Crippen LogP contribution in [0.1, 0.15) is 35.7 Å². The Morgan fingerprint density at radius 2 is 2.22 bits per heavy atom. The van der Waals surface area contributed by atoms with Crippen LogP contribution in [0.2, 0.25) is 5.82 Å². The smallest absolute Gasteiger partial charge is 0.526 e. The molecule has 2 aromatic rings. The van der Waals surface area contributed by atoms with Gasteiger partial charge in [-0.3, -0.25) is 9.59 Å². The number of aromatic nitrogens is 1. The van der Waals surface area contributed by atoms with Gasteiger partial charge in [0.25, 0.3) is 0 Å². The number of anilines is 1. The van der Waals surface area contributed by atoms with Crippen molar-refractivity contribution in [3.8, 4) is 5.75 Å². The van der Waals surface area contributed by atoms with Crippen LogP contribution < -0.4 is 21.0 Å². The summed E-state index contributed by atoms with van der Waals surface area (Å²) in [4.78, 5) is 40.8. The van der Waals surface area contributed by atoms with Gasteiger partial charge in [-0.05, 0) is 24.5 Å². The molecule has 0 saturated carbocycles. The Morgan fingerprint density at radius 1 is 1.44 bits per heavy atom. The average Bonchev–Trinajstić information content (AvgIpc) is 3.19. The first-order valence-corrected chi connectivity index (χ1v) is 10.9. The molecule has 10 nitrogen and oxygen atoms in total. The highest BCUT2D eigenvalue weighted by Gasteiger charge is 2.38. The van der Waals surface area contributed by atoms with Gasteiger partial charge in [0.15, 0.2) is 10.9 Å². The van der Waals surface area contributed by atoms with Crippen LogP contribution in [0, 0.1) is 6.92 Å². The number of hydrogen-bond acceptors (Lipinski definition) is 9. The molecule has 1 unspecified atom stereocenters. The predicted molar refractivity (Wildman–Crippen MR) is 119 cm³/mol. The van der Waals surface area contributed by atoms with E-state index in [0.29, 0.717) is 17.9 Å². The van der Waals surface area contributed by atoms with Gasteiger partial charge in [0.05, 0.1) is 19.2 Å². The Balaban J connectivity index is 1.69. The quantitative estimate of drug-likeness (QED) is 0.341. The number of ether oxygens (including phenoxy) is 1. The third-order valence-corrected chi connectivity index (χ3v) is 5.85. The minimum atomic E-state index is -1.15. The molecule has 0 spiro atoms. The van der Waals surface area contributed by atoms with Gasteiger partial charge in [-0.1, -0.05) is 18.2 Å². The number of amides is 2. The van der Waals surface area contributed by atoms with Gasteiger partial charge in [-0.25, -0.2) is 9.78 Å². The van der Waals surface area contributed by atoms with Crippen molar-refractivity contribution in [1.29, 1.82) is 0 Å². The summed E-state index contributed by atoms with van der Waals surface area (Å²) in [5.74, 6) is -0.663. The number of carbonyl (C=O) groups is 3. The summed E-state index contributed by atoms with van der Waals surface area (Å²) in [5.41, 5.74) is 7.84. The summed E-state index contributed by atoms with van der Waals surface area (Å²) < 4.78 is 10.2. The summed E-state index contributed by atoms with van der Waals surface area (Å²) in [6.45, 7) is 1.94. The highest BCUT2D eigenvalue weighted by molar-refractivity contribution is 7.13. The maximum atomic E-state index is 13.2. The van der Waals surface area contributed by atoms with Crippen LogP contribution in [-0.2, 0) is 20.7 Å². The fourth-order valence-corrected chi connectivity index (χ4v) is 4.10. The van der Waals surface area contributed by atoms with E-state index in [-0.39, 0.29) is 30.3 Å². The van der Waals surface area contributed by atoms with Gasteiger partial charge < -0.3 is 30.8 Å². The number of hydrogen-bond donors (Lipinski definition) is 4. The molecule has 2 amide bonds. The third kappa shape index (κ3) is 5.77. The number of para-hydroxylation sites is 1. The van der Waals surface area contributed by atoms with E-state index in [9.17, 15) is 19.4 Å². The van der Waals surface area contributed by atoms with Crippen LogP contribution in [0.4, 0.5) is 9.93 Å². The van der Waals surface area contributed by atoms with Crippen LogP contribution in [0.5, 0.6) is 5.75 Å². The number of nitrogen functional groups attached to an aromatic ring is 1. The lowest BCUT2D eigenvalue weighted by Gasteiger charge is -2.29. The first-order valence-electron chi connectivity index (χ1n) is 10.1. The Kier molecular flexibility index (Phi) is 7.70. The van der Waals surface area contributed by atoms with Crippen molar-refractivity contribution >= 4 is 41.4 Å².